The predicted molar refractivity (Wildman–Crippen MR) is 108 cm³/mol. The van der Waals surface area contributed by atoms with Crippen molar-refractivity contribution in [1.29, 1.82) is 0 Å². The van der Waals surface area contributed by atoms with E-state index in [0.29, 0.717) is 23.5 Å². The summed E-state index contributed by atoms with van der Waals surface area (Å²) >= 11 is 0. The fourth-order valence-corrected chi connectivity index (χ4v) is 4.07. The van der Waals surface area contributed by atoms with E-state index in [9.17, 15) is 9.59 Å². The topological polar surface area (TPSA) is 82.4 Å². The van der Waals surface area contributed by atoms with E-state index in [-0.39, 0.29) is 23.0 Å². The van der Waals surface area contributed by atoms with Crippen LogP contribution in [-0.2, 0) is 11.3 Å². The average molecular weight is 382 g/mol. The van der Waals surface area contributed by atoms with Gasteiger partial charge in [-0.1, -0.05) is 12.1 Å². The SMILES string of the molecule is CCN(CC)C(=O)C1CCN(Cc2nc3c(oc4ccccc43)c(=O)[nH]2)CC1. The number of para-hydroxylation sites is 1. The number of furan rings is 1. The lowest BCUT2D eigenvalue weighted by Crippen LogP contribution is -2.42. The van der Waals surface area contributed by atoms with Crippen molar-refractivity contribution in [3.8, 4) is 0 Å². The van der Waals surface area contributed by atoms with E-state index >= 15 is 0 Å². The minimum absolute atomic E-state index is 0.100. The van der Waals surface area contributed by atoms with Gasteiger partial charge in [0.15, 0.2) is 0 Å². The number of amides is 1. The van der Waals surface area contributed by atoms with E-state index < -0.39 is 0 Å². The van der Waals surface area contributed by atoms with Gasteiger partial charge in [0.1, 0.15) is 16.9 Å². The molecule has 0 unspecified atom stereocenters. The standard InChI is InChI=1S/C21H26N4O3/c1-3-25(4-2)21(27)14-9-11-24(12-10-14)13-17-22-18-15-7-5-6-8-16(15)28-19(18)20(26)23-17/h5-8,14H,3-4,9-13H2,1-2H3,(H,22,23,26). The summed E-state index contributed by atoms with van der Waals surface area (Å²) in [5, 5.41) is 0.855. The van der Waals surface area contributed by atoms with Crippen molar-refractivity contribution in [3.63, 3.8) is 0 Å². The highest BCUT2D eigenvalue weighted by atomic mass is 16.3. The van der Waals surface area contributed by atoms with Crippen LogP contribution in [0.4, 0.5) is 0 Å². The Morgan fingerprint density at radius 2 is 1.96 bits per heavy atom. The zero-order valence-corrected chi connectivity index (χ0v) is 16.4. The number of aromatic amines is 1. The van der Waals surface area contributed by atoms with E-state index in [2.05, 4.69) is 14.9 Å². The summed E-state index contributed by atoms with van der Waals surface area (Å²) in [6, 6.07) is 7.55. The van der Waals surface area contributed by atoms with Crippen LogP contribution < -0.4 is 5.56 Å². The maximum absolute atomic E-state index is 12.5. The van der Waals surface area contributed by atoms with Gasteiger partial charge in [-0.3, -0.25) is 14.5 Å². The number of hydrogen-bond donors (Lipinski definition) is 1. The molecule has 1 aromatic carbocycles. The second-order valence-corrected chi connectivity index (χ2v) is 7.35. The first kappa shape index (κ1) is 18.7. The number of nitrogens with zero attached hydrogens (tertiary/aromatic N) is 3. The molecule has 0 radical (unpaired) electrons. The molecule has 7 heteroatoms. The highest BCUT2D eigenvalue weighted by Gasteiger charge is 2.28. The Kier molecular flexibility index (Phi) is 5.17. The number of carbonyl (C=O) groups is 1. The molecule has 1 aliphatic rings. The Morgan fingerprint density at radius 3 is 2.68 bits per heavy atom. The molecule has 0 saturated carbocycles. The Bertz CT molecular complexity index is 1040. The van der Waals surface area contributed by atoms with E-state index in [0.717, 1.165) is 44.4 Å². The quantitative estimate of drug-likeness (QED) is 0.734. The van der Waals surface area contributed by atoms with Crippen LogP contribution in [0.25, 0.3) is 22.1 Å². The normalized spacial score (nSPS) is 16.1. The minimum Gasteiger partial charge on any atom is -0.449 e. The third kappa shape index (κ3) is 3.42. The minimum atomic E-state index is -0.247. The number of piperidine rings is 1. The average Bonchev–Trinajstić information content (AvgIpc) is 3.09. The molecule has 28 heavy (non-hydrogen) atoms. The summed E-state index contributed by atoms with van der Waals surface area (Å²) in [6.07, 6.45) is 1.69. The zero-order chi connectivity index (χ0) is 19.7. The molecule has 1 N–H and O–H groups in total. The molecule has 1 saturated heterocycles. The van der Waals surface area contributed by atoms with Crippen LogP contribution in [0.15, 0.2) is 33.5 Å². The Balaban J connectivity index is 1.48. The monoisotopic (exact) mass is 382 g/mol. The highest BCUT2D eigenvalue weighted by Crippen LogP contribution is 2.25. The third-order valence-electron chi connectivity index (χ3n) is 5.67. The van der Waals surface area contributed by atoms with Crippen LogP contribution in [0.1, 0.15) is 32.5 Å². The van der Waals surface area contributed by atoms with Crippen molar-refractivity contribution in [2.24, 2.45) is 5.92 Å². The molecule has 2 aromatic heterocycles. The van der Waals surface area contributed by atoms with Gasteiger partial charge in [0.25, 0.3) is 5.56 Å². The molecule has 0 spiro atoms. The number of carbonyl (C=O) groups excluding carboxylic acids is 1. The van der Waals surface area contributed by atoms with Gasteiger partial charge in [-0.05, 0) is 51.9 Å². The molecule has 4 rings (SSSR count). The van der Waals surface area contributed by atoms with Gasteiger partial charge in [-0.15, -0.1) is 0 Å². The molecule has 1 aliphatic heterocycles. The van der Waals surface area contributed by atoms with E-state index in [1.807, 2.05) is 43.0 Å². The molecular formula is C21H26N4O3. The van der Waals surface area contributed by atoms with Crippen molar-refractivity contribution in [3.05, 3.63) is 40.4 Å². The summed E-state index contributed by atoms with van der Waals surface area (Å²) < 4.78 is 5.65. The van der Waals surface area contributed by atoms with Crippen LogP contribution in [-0.4, -0.2) is 51.9 Å². The van der Waals surface area contributed by atoms with E-state index in [1.165, 1.54) is 0 Å². The van der Waals surface area contributed by atoms with E-state index in [4.69, 9.17) is 4.42 Å². The van der Waals surface area contributed by atoms with Crippen LogP contribution in [0.5, 0.6) is 0 Å². The largest absolute Gasteiger partial charge is 0.449 e. The Hall–Kier alpha value is -2.67. The van der Waals surface area contributed by atoms with Crippen LogP contribution in [0.3, 0.4) is 0 Å². The maximum atomic E-state index is 12.5. The number of nitrogens with one attached hydrogen (secondary N) is 1. The number of aromatic nitrogens is 2. The van der Waals surface area contributed by atoms with Gasteiger partial charge >= 0.3 is 0 Å². The third-order valence-corrected chi connectivity index (χ3v) is 5.67. The Morgan fingerprint density at radius 1 is 1.25 bits per heavy atom. The Labute approximate surface area is 163 Å². The lowest BCUT2D eigenvalue weighted by Gasteiger charge is -2.33. The summed E-state index contributed by atoms with van der Waals surface area (Å²) in [5.41, 5.74) is 1.31. The van der Waals surface area contributed by atoms with Crippen LogP contribution in [0.2, 0.25) is 0 Å². The molecule has 7 nitrogen and oxygen atoms in total. The predicted octanol–water partition coefficient (Wildman–Crippen LogP) is 2.75. The van der Waals surface area contributed by atoms with Crippen molar-refractivity contribution in [1.82, 2.24) is 19.8 Å². The maximum Gasteiger partial charge on any atom is 0.294 e. The molecule has 148 valence electrons. The van der Waals surface area contributed by atoms with Gasteiger partial charge in [0.2, 0.25) is 11.5 Å². The van der Waals surface area contributed by atoms with Gasteiger partial charge < -0.3 is 14.3 Å². The zero-order valence-electron chi connectivity index (χ0n) is 16.4. The van der Waals surface area contributed by atoms with E-state index in [1.54, 1.807) is 0 Å². The summed E-state index contributed by atoms with van der Waals surface area (Å²) in [7, 11) is 0. The van der Waals surface area contributed by atoms with Crippen molar-refractivity contribution < 1.29 is 9.21 Å². The van der Waals surface area contributed by atoms with Crippen molar-refractivity contribution in [2.45, 2.75) is 33.2 Å². The summed E-state index contributed by atoms with van der Waals surface area (Å²) in [5.74, 6) is 1.00. The molecule has 1 amide bonds. The second kappa shape index (κ2) is 7.75. The van der Waals surface area contributed by atoms with Crippen LogP contribution >= 0.6 is 0 Å². The van der Waals surface area contributed by atoms with Gasteiger partial charge in [-0.25, -0.2) is 4.98 Å². The second-order valence-electron chi connectivity index (χ2n) is 7.35. The summed E-state index contributed by atoms with van der Waals surface area (Å²) in [4.78, 5) is 36.7. The molecule has 0 atom stereocenters. The number of rotatable bonds is 5. The first-order chi connectivity index (χ1) is 13.6. The van der Waals surface area contributed by atoms with Gasteiger partial charge in [0.05, 0.1) is 6.54 Å². The van der Waals surface area contributed by atoms with Crippen molar-refractivity contribution in [2.75, 3.05) is 26.2 Å². The molecule has 0 bridgehead atoms. The molecule has 0 aliphatic carbocycles. The molecule has 1 fully saturated rings. The molecular weight excluding hydrogens is 356 g/mol. The number of likely N-dealkylation sites (tertiary alicyclic amines) is 1. The fraction of sp³-hybridized carbons (Fsp3) is 0.476. The smallest absolute Gasteiger partial charge is 0.294 e. The fourth-order valence-electron chi connectivity index (χ4n) is 4.07. The van der Waals surface area contributed by atoms with Gasteiger partial charge in [-0.2, -0.15) is 0 Å². The first-order valence-corrected chi connectivity index (χ1v) is 10.0. The van der Waals surface area contributed by atoms with Crippen LogP contribution in [0, 0.1) is 5.92 Å². The van der Waals surface area contributed by atoms with Gasteiger partial charge in [0, 0.05) is 24.4 Å². The molecule has 3 heterocycles. The van der Waals surface area contributed by atoms with Crippen molar-refractivity contribution >= 4 is 28.0 Å². The lowest BCUT2D eigenvalue weighted by molar-refractivity contribution is -0.136. The number of H-pyrrole nitrogens is 1. The number of hydrogen-bond acceptors (Lipinski definition) is 5. The highest BCUT2D eigenvalue weighted by molar-refractivity contribution is 6.01. The lowest BCUT2D eigenvalue weighted by atomic mass is 9.95. The number of fused-ring (bicyclic) bond motifs is 3. The summed E-state index contributed by atoms with van der Waals surface area (Å²) in [6.45, 7) is 7.79. The molecule has 3 aromatic rings. The number of benzene rings is 1. The first-order valence-electron chi connectivity index (χ1n) is 10.0.